The molecule has 1 fully saturated rings. The Morgan fingerprint density at radius 1 is 1.06 bits per heavy atom. The minimum Gasteiger partial charge on any atom is -0.325 e. The lowest BCUT2D eigenvalue weighted by molar-refractivity contribution is -0.387. The fourth-order valence-corrected chi connectivity index (χ4v) is 5.18. The minimum atomic E-state index is -3.99. The molecular formula is C21H26N4O5S. The van der Waals surface area contributed by atoms with Gasteiger partial charge >= 0.3 is 0 Å². The van der Waals surface area contributed by atoms with Gasteiger partial charge < -0.3 is 5.32 Å². The van der Waals surface area contributed by atoms with Crippen molar-refractivity contribution in [1.29, 1.82) is 0 Å². The van der Waals surface area contributed by atoms with Crippen molar-refractivity contribution in [3.63, 3.8) is 0 Å². The summed E-state index contributed by atoms with van der Waals surface area (Å²) in [4.78, 5) is 24.6. The zero-order valence-electron chi connectivity index (χ0n) is 17.5. The summed E-state index contributed by atoms with van der Waals surface area (Å²) in [6.45, 7) is 5.29. The molecule has 0 saturated carbocycles. The van der Waals surface area contributed by atoms with Gasteiger partial charge in [-0.3, -0.25) is 19.8 Å². The van der Waals surface area contributed by atoms with Crippen LogP contribution in [0.3, 0.4) is 0 Å². The molecule has 2 aromatic rings. The van der Waals surface area contributed by atoms with Crippen LogP contribution in [0.15, 0.2) is 53.4 Å². The Labute approximate surface area is 181 Å². The van der Waals surface area contributed by atoms with Gasteiger partial charge in [0.1, 0.15) is 0 Å². The Kier molecular flexibility index (Phi) is 7.04. The van der Waals surface area contributed by atoms with Gasteiger partial charge in [0, 0.05) is 37.9 Å². The van der Waals surface area contributed by atoms with Crippen molar-refractivity contribution < 1.29 is 18.1 Å². The molecule has 0 spiro atoms. The Balaban J connectivity index is 1.61. The number of nitrogens with one attached hydrogen (secondary N) is 1. The molecule has 9 nitrogen and oxygen atoms in total. The number of nitro groups is 1. The number of rotatable bonds is 7. The van der Waals surface area contributed by atoms with Crippen LogP contribution in [0.5, 0.6) is 0 Å². The number of carbonyl (C=O) groups excluding carboxylic acids is 1. The predicted molar refractivity (Wildman–Crippen MR) is 117 cm³/mol. The van der Waals surface area contributed by atoms with E-state index in [9.17, 15) is 23.3 Å². The molecule has 0 bridgehead atoms. The van der Waals surface area contributed by atoms with Crippen molar-refractivity contribution >= 4 is 27.3 Å². The summed E-state index contributed by atoms with van der Waals surface area (Å²) in [5, 5.41) is 14.1. The highest BCUT2D eigenvalue weighted by Crippen LogP contribution is 2.27. The van der Waals surface area contributed by atoms with E-state index in [-0.39, 0.29) is 36.4 Å². The summed E-state index contributed by atoms with van der Waals surface area (Å²) in [5.74, 6) is 0.107. The number of piperazine rings is 1. The molecule has 10 heteroatoms. The molecule has 2 aromatic carbocycles. The molecule has 0 aromatic heterocycles. The van der Waals surface area contributed by atoms with Gasteiger partial charge in [-0.25, -0.2) is 8.42 Å². The van der Waals surface area contributed by atoms with Crippen LogP contribution in [0.4, 0.5) is 11.4 Å². The van der Waals surface area contributed by atoms with Gasteiger partial charge in [-0.15, -0.1) is 0 Å². The van der Waals surface area contributed by atoms with Gasteiger partial charge in [-0.1, -0.05) is 44.2 Å². The molecule has 1 saturated heterocycles. The molecule has 1 aliphatic rings. The normalized spacial score (nSPS) is 15.7. The molecule has 166 valence electrons. The minimum absolute atomic E-state index is 0.145. The van der Waals surface area contributed by atoms with E-state index in [4.69, 9.17) is 0 Å². The van der Waals surface area contributed by atoms with E-state index in [1.54, 1.807) is 0 Å². The number of hydrogen-bond donors (Lipinski definition) is 1. The Morgan fingerprint density at radius 3 is 2.32 bits per heavy atom. The summed E-state index contributed by atoms with van der Waals surface area (Å²) in [6, 6.07) is 13.0. The molecule has 31 heavy (non-hydrogen) atoms. The lowest BCUT2D eigenvalue weighted by atomic mass is 10.0. The van der Waals surface area contributed by atoms with Crippen LogP contribution in [-0.4, -0.2) is 61.2 Å². The van der Waals surface area contributed by atoms with Crippen LogP contribution in [0.2, 0.25) is 0 Å². The largest absolute Gasteiger partial charge is 0.325 e. The summed E-state index contributed by atoms with van der Waals surface area (Å²) >= 11 is 0. The highest BCUT2D eigenvalue weighted by atomic mass is 32.2. The van der Waals surface area contributed by atoms with Gasteiger partial charge in [-0.05, 0) is 23.6 Å². The van der Waals surface area contributed by atoms with E-state index in [1.165, 1.54) is 28.6 Å². The molecular weight excluding hydrogens is 420 g/mol. The van der Waals surface area contributed by atoms with E-state index >= 15 is 0 Å². The number of hydrogen-bond acceptors (Lipinski definition) is 6. The maximum Gasteiger partial charge on any atom is 0.289 e. The fraction of sp³-hybridized carbons (Fsp3) is 0.381. The Bertz CT molecular complexity index is 1060. The average Bonchev–Trinajstić information content (AvgIpc) is 2.74. The lowest BCUT2D eigenvalue weighted by Crippen LogP contribution is -2.50. The van der Waals surface area contributed by atoms with E-state index in [0.717, 1.165) is 11.3 Å². The van der Waals surface area contributed by atoms with Crippen molar-refractivity contribution in [2.24, 2.45) is 0 Å². The Morgan fingerprint density at radius 2 is 1.68 bits per heavy atom. The topological polar surface area (TPSA) is 113 Å². The number of sulfonamides is 1. The maximum absolute atomic E-state index is 12.9. The number of nitro benzene ring substituents is 1. The second-order valence-electron chi connectivity index (χ2n) is 7.70. The van der Waals surface area contributed by atoms with Crippen molar-refractivity contribution in [1.82, 2.24) is 9.21 Å². The van der Waals surface area contributed by atoms with Gasteiger partial charge in [0.05, 0.1) is 11.5 Å². The van der Waals surface area contributed by atoms with Crippen molar-refractivity contribution in [2.75, 3.05) is 38.0 Å². The second-order valence-corrected chi connectivity index (χ2v) is 9.60. The first-order valence-corrected chi connectivity index (χ1v) is 11.5. The molecule has 1 heterocycles. The van der Waals surface area contributed by atoms with E-state index in [2.05, 4.69) is 19.2 Å². The van der Waals surface area contributed by atoms with Crippen molar-refractivity contribution in [3.8, 4) is 0 Å². The van der Waals surface area contributed by atoms with Crippen LogP contribution >= 0.6 is 0 Å². The molecule has 0 aliphatic carbocycles. The number of carbonyl (C=O) groups is 1. The quantitative estimate of drug-likeness (QED) is 0.517. The predicted octanol–water partition coefficient (Wildman–Crippen LogP) is 2.66. The third-order valence-corrected chi connectivity index (χ3v) is 7.18. The third-order valence-electron chi connectivity index (χ3n) is 5.24. The summed E-state index contributed by atoms with van der Waals surface area (Å²) in [7, 11) is -3.99. The summed E-state index contributed by atoms with van der Waals surface area (Å²) in [5.41, 5.74) is 1.39. The molecule has 0 unspecified atom stereocenters. The number of anilines is 1. The monoisotopic (exact) mass is 446 g/mol. The van der Waals surface area contributed by atoms with Gasteiger partial charge in [-0.2, -0.15) is 4.31 Å². The first kappa shape index (κ1) is 22.9. The molecule has 1 N–H and O–H groups in total. The zero-order valence-corrected chi connectivity index (χ0v) is 18.3. The zero-order chi connectivity index (χ0) is 22.6. The maximum atomic E-state index is 12.9. The SMILES string of the molecule is CC(C)c1ccccc1NC(=O)CN1CCN(S(=O)(=O)c2ccccc2[N+](=O)[O-])CC1. The first-order chi connectivity index (χ1) is 14.7. The molecule has 3 rings (SSSR count). The highest BCUT2D eigenvalue weighted by molar-refractivity contribution is 7.89. The molecule has 0 radical (unpaired) electrons. The third kappa shape index (κ3) is 5.27. The molecule has 1 aliphatic heterocycles. The van der Waals surface area contributed by atoms with Crippen molar-refractivity contribution in [3.05, 3.63) is 64.2 Å². The highest BCUT2D eigenvalue weighted by Gasteiger charge is 2.33. The van der Waals surface area contributed by atoms with Crippen LogP contribution in [0.25, 0.3) is 0 Å². The summed E-state index contributed by atoms with van der Waals surface area (Å²) < 4.78 is 27.0. The van der Waals surface area contributed by atoms with Crippen LogP contribution in [0, 0.1) is 10.1 Å². The Hall–Kier alpha value is -2.82. The number of amides is 1. The van der Waals surface area contributed by atoms with Crippen LogP contribution in [-0.2, 0) is 14.8 Å². The number of nitrogens with zero attached hydrogens (tertiary/aromatic N) is 3. The van der Waals surface area contributed by atoms with Crippen molar-refractivity contribution in [2.45, 2.75) is 24.7 Å². The summed E-state index contributed by atoms with van der Waals surface area (Å²) in [6.07, 6.45) is 0. The molecule has 0 atom stereocenters. The van der Waals surface area contributed by atoms with Gasteiger partial charge in [0.2, 0.25) is 15.9 Å². The fourth-order valence-electron chi connectivity index (χ4n) is 3.60. The molecule has 1 amide bonds. The smallest absolute Gasteiger partial charge is 0.289 e. The van der Waals surface area contributed by atoms with E-state index in [0.29, 0.717) is 13.1 Å². The van der Waals surface area contributed by atoms with E-state index in [1.807, 2.05) is 29.2 Å². The standard InChI is InChI=1S/C21H26N4O5S/c1-16(2)17-7-3-4-8-18(17)22-21(26)15-23-11-13-24(14-12-23)31(29,30)20-10-6-5-9-19(20)25(27)28/h3-10,16H,11-15H2,1-2H3,(H,22,26). The van der Waals surface area contributed by atoms with Gasteiger partial charge in [0.15, 0.2) is 4.90 Å². The van der Waals surface area contributed by atoms with Crippen LogP contribution < -0.4 is 5.32 Å². The van der Waals surface area contributed by atoms with Gasteiger partial charge in [0.25, 0.3) is 5.69 Å². The number of para-hydroxylation sites is 2. The van der Waals surface area contributed by atoms with E-state index < -0.39 is 20.6 Å². The average molecular weight is 447 g/mol. The van der Waals surface area contributed by atoms with Crippen LogP contribution in [0.1, 0.15) is 25.3 Å². The first-order valence-electron chi connectivity index (χ1n) is 10.0. The number of benzene rings is 2. The lowest BCUT2D eigenvalue weighted by Gasteiger charge is -2.33. The second kappa shape index (κ2) is 9.54.